The van der Waals surface area contributed by atoms with Gasteiger partial charge in [0.15, 0.2) is 17.3 Å². The molecule has 2 aromatic rings. The topological polar surface area (TPSA) is 59.0 Å². The van der Waals surface area contributed by atoms with Gasteiger partial charge in [-0.25, -0.2) is 0 Å². The molecule has 0 aliphatic rings. The molecule has 0 bridgehead atoms. The minimum absolute atomic E-state index is 0.0383. The van der Waals surface area contributed by atoms with E-state index in [2.05, 4.69) is 15.9 Å². The third-order valence-corrected chi connectivity index (χ3v) is 4.70. The van der Waals surface area contributed by atoms with Crippen LogP contribution in [0, 0.1) is 0 Å². The molecule has 0 unspecified atom stereocenters. The van der Waals surface area contributed by atoms with Crippen molar-refractivity contribution >= 4 is 21.7 Å². The molecular formula is C20H24BrNO4. The number of benzene rings is 2. The van der Waals surface area contributed by atoms with E-state index in [-0.39, 0.29) is 12.4 Å². The Kier molecular flexibility index (Phi) is 7.63. The van der Waals surface area contributed by atoms with Gasteiger partial charge in [0.2, 0.25) is 0 Å². The summed E-state index contributed by atoms with van der Waals surface area (Å²) in [6, 6.07) is 13.0. The Labute approximate surface area is 162 Å². The van der Waals surface area contributed by atoms with E-state index in [4.69, 9.17) is 9.47 Å². The van der Waals surface area contributed by atoms with Crippen molar-refractivity contribution in [3.63, 3.8) is 0 Å². The first-order valence-corrected chi connectivity index (χ1v) is 9.11. The van der Waals surface area contributed by atoms with E-state index in [1.54, 1.807) is 18.2 Å². The normalized spacial score (nSPS) is 12.1. The Morgan fingerprint density at radius 1 is 1.23 bits per heavy atom. The van der Waals surface area contributed by atoms with Gasteiger partial charge in [-0.3, -0.25) is 9.69 Å². The predicted molar refractivity (Wildman–Crippen MR) is 105 cm³/mol. The molecule has 140 valence electrons. The average molecular weight is 422 g/mol. The van der Waals surface area contributed by atoms with Gasteiger partial charge in [-0.1, -0.05) is 34.1 Å². The van der Waals surface area contributed by atoms with Crippen molar-refractivity contribution in [2.24, 2.45) is 0 Å². The quantitative estimate of drug-likeness (QED) is 0.627. The zero-order chi connectivity index (χ0) is 19.1. The van der Waals surface area contributed by atoms with Crippen molar-refractivity contribution < 1.29 is 19.4 Å². The number of rotatable bonds is 9. The van der Waals surface area contributed by atoms with Crippen LogP contribution >= 0.6 is 15.9 Å². The fourth-order valence-electron chi connectivity index (χ4n) is 2.59. The summed E-state index contributed by atoms with van der Waals surface area (Å²) < 4.78 is 12.0. The number of nitrogens with zero attached hydrogens (tertiary/aromatic N) is 1. The number of carbonyl (C=O) groups is 1. The average Bonchev–Trinajstić information content (AvgIpc) is 2.61. The number of methoxy groups -OCH3 is 1. The highest BCUT2D eigenvalue weighted by Crippen LogP contribution is 2.28. The van der Waals surface area contributed by atoms with Crippen molar-refractivity contribution in [2.45, 2.75) is 19.6 Å². The number of hydrogen-bond donors (Lipinski definition) is 1. The smallest absolute Gasteiger partial charge is 0.161 e. The molecule has 0 heterocycles. The van der Waals surface area contributed by atoms with Gasteiger partial charge in [-0.2, -0.15) is 0 Å². The Balaban J connectivity index is 1.89. The van der Waals surface area contributed by atoms with Gasteiger partial charge in [-0.15, -0.1) is 0 Å². The van der Waals surface area contributed by atoms with Crippen molar-refractivity contribution in [2.75, 3.05) is 27.3 Å². The third kappa shape index (κ3) is 5.83. The van der Waals surface area contributed by atoms with Crippen molar-refractivity contribution in [1.29, 1.82) is 0 Å². The Morgan fingerprint density at radius 2 is 1.96 bits per heavy atom. The molecule has 2 aromatic carbocycles. The van der Waals surface area contributed by atoms with Gasteiger partial charge < -0.3 is 14.6 Å². The summed E-state index contributed by atoms with van der Waals surface area (Å²) in [5.41, 5.74) is 1.72. The van der Waals surface area contributed by atoms with Gasteiger partial charge in [0.25, 0.3) is 0 Å². The number of aliphatic hydroxyl groups is 1. The summed E-state index contributed by atoms with van der Waals surface area (Å²) in [5, 5.41) is 10.3. The summed E-state index contributed by atoms with van der Waals surface area (Å²) in [7, 11) is 3.47. The monoisotopic (exact) mass is 421 g/mol. The highest BCUT2D eigenvalue weighted by atomic mass is 79.9. The van der Waals surface area contributed by atoms with E-state index in [0.29, 0.717) is 23.6 Å². The molecule has 0 aromatic heterocycles. The lowest BCUT2D eigenvalue weighted by Gasteiger charge is -2.21. The summed E-state index contributed by atoms with van der Waals surface area (Å²) in [6.07, 6.45) is -0.653. The molecule has 0 aliphatic carbocycles. The second kappa shape index (κ2) is 9.71. The number of carbonyl (C=O) groups excluding carboxylic acids is 1. The van der Waals surface area contributed by atoms with E-state index in [1.165, 1.54) is 14.0 Å². The van der Waals surface area contributed by atoms with Gasteiger partial charge in [-0.05, 0) is 43.8 Å². The maximum Gasteiger partial charge on any atom is 0.161 e. The molecule has 2 rings (SSSR count). The fourth-order valence-corrected chi connectivity index (χ4v) is 3.00. The van der Waals surface area contributed by atoms with E-state index in [1.807, 2.05) is 36.2 Å². The lowest BCUT2D eigenvalue weighted by Crippen LogP contribution is -2.32. The van der Waals surface area contributed by atoms with E-state index >= 15 is 0 Å². The first-order chi connectivity index (χ1) is 12.4. The molecule has 1 N–H and O–H groups in total. The summed E-state index contributed by atoms with van der Waals surface area (Å²) in [6.45, 7) is 2.82. The minimum atomic E-state index is -0.653. The second-order valence-electron chi connectivity index (χ2n) is 6.17. The molecule has 5 nitrogen and oxygen atoms in total. The van der Waals surface area contributed by atoms with Crippen molar-refractivity contribution in [3.05, 3.63) is 58.1 Å². The van der Waals surface area contributed by atoms with Crippen LogP contribution in [-0.4, -0.2) is 49.2 Å². The molecule has 0 radical (unpaired) electrons. The lowest BCUT2D eigenvalue weighted by molar-refractivity contribution is 0.0732. The summed E-state index contributed by atoms with van der Waals surface area (Å²) in [4.78, 5) is 13.5. The van der Waals surface area contributed by atoms with E-state index in [9.17, 15) is 9.90 Å². The number of Topliss-reactive ketones (excluding diaryl/α,β-unsaturated/α-hetero) is 1. The van der Waals surface area contributed by atoms with Gasteiger partial charge in [0.05, 0.1) is 7.11 Å². The standard InChI is InChI=1S/C20H24BrNO4/c1-14(23)15-8-9-19(20(10-15)25-3)26-13-17(24)12-22(2)11-16-6-4-5-7-18(16)21/h4-10,17,24H,11-13H2,1-3H3/t17-/m0/s1. The van der Waals surface area contributed by atoms with E-state index in [0.717, 1.165) is 16.6 Å². The first-order valence-electron chi connectivity index (χ1n) is 8.32. The molecule has 0 aliphatic heterocycles. The second-order valence-corrected chi connectivity index (χ2v) is 7.03. The molecule has 0 amide bonds. The van der Waals surface area contributed by atoms with Crippen LogP contribution in [0.3, 0.4) is 0 Å². The molecule has 1 atom stereocenters. The van der Waals surface area contributed by atoms with Crippen molar-refractivity contribution in [3.8, 4) is 11.5 Å². The molecule has 0 spiro atoms. The molecule has 6 heteroatoms. The highest BCUT2D eigenvalue weighted by Gasteiger charge is 2.13. The maximum absolute atomic E-state index is 11.4. The van der Waals surface area contributed by atoms with Crippen LogP contribution in [0.5, 0.6) is 11.5 Å². The third-order valence-electron chi connectivity index (χ3n) is 3.92. The minimum Gasteiger partial charge on any atom is -0.493 e. The number of aliphatic hydroxyl groups excluding tert-OH is 1. The molecule has 26 heavy (non-hydrogen) atoms. The Hall–Kier alpha value is -1.89. The maximum atomic E-state index is 11.4. The number of halogens is 1. The summed E-state index contributed by atoms with van der Waals surface area (Å²) in [5.74, 6) is 0.944. The van der Waals surface area contributed by atoms with Crippen LogP contribution in [0.25, 0.3) is 0 Å². The zero-order valence-electron chi connectivity index (χ0n) is 15.2. The van der Waals surface area contributed by atoms with Crippen LogP contribution in [0.15, 0.2) is 46.9 Å². The van der Waals surface area contributed by atoms with E-state index < -0.39 is 6.10 Å². The number of likely N-dealkylation sites (N-methyl/N-ethyl adjacent to an activating group) is 1. The van der Waals surface area contributed by atoms with Gasteiger partial charge in [0.1, 0.15) is 12.7 Å². The largest absolute Gasteiger partial charge is 0.493 e. The van der Waals surface area contributed by atoms with Crippen LogP contribution < -0.4 is 9.47 Å². The summed E-state index contributed by atoms with van der Waals surface area (Å²) >= 11 is 3.53. The van der Waals surface area contributed by atoms with Crippen LogP contribution in [0.1, 0.15) is 22.8 Å². The SMILES string of the molecule is COc1cc(C(C)=O)ccc1OC[C@@H](O)CN(C)Cc1ccccc1Br. The van der Waals surface area contributed by atoms with Crippen LogP contribution in [-0.2, 0) is 6.54 Å². The highest BCUT2D eigenvalue weighted by molar-refractivity contribution is 9.10. The Bertz CT molecular complexity index is 750. The Morgan fingerprint density at radius 3 is 2.62 bits per heavy atom. The number of ketones is 1. The number of hydrogen-bond acceptors (Lipinski definition) is 5. The van der Waals surface area contributed by atoms with Crippen molar-refractivity contribution in [1.82, 2.24) is 4.90 Å². The fraction of sp³-hybridized carbons (Fsp3) is 0.350. The van der Waals surface area contributed by atoms with Crippen LogP contribution in [0.4, 0.5) is 0 Å². The molecular weight excluding hydrogens is 398 g/mol. The predicted octanol–water partition coefficient (Wildman–Crippen LogP) is 3.53. The lowest BCUT2D eigenvalue weighted by atomic mass is 10.1. The zero-order valence-corrected chi connectivity index (χ0v) is 16.8. The molecule has 0 saturated carbocycles. The van der Waals surface area contributed by atoms with Gasteiger partial charge >= 0.3 is 0 Å². The first kappa shape index (κ1) is 20.4. The van der Waals surface area contributed by atoms with Crippen LogP contribution in [0.2, 0.25) is 0 Å². The molecule has 0 saturated heterocycles. The molecule has 0 fully saturated rings. The van der Waals surface area contributed by atoms with Gasteiger partial charge in [0, 0.05) is 23.1 Å². The number of ether oxygens (including phenoxy) is 2.